The average Bonchev–Trinajstić information content (AvgIpc) is 2.51. The molecule has 0 aliphatic carbocycles. The lowest BCUT2D eigenvalue weighted by atomic mass is 10.0. The van der Waals surface area contributed by atoms with Gasteiger partial charge in [0.05, 0.1) is 6.42 Å². The van der Waals surface area contributed by atoms with E-state index in [1.807, 2.05) is 31.2 Å². The van der Waals surface area contributed by atoms with Crippen LogP contribution in [0.1, 0.15) is 25.3 Å². The first-order valence-corrected chi connectivity index (χ1v) is 7.55. The van der Waals surface area contributed by atoms with Crippen molar-refractivity contribution in [2.24, 2.45) is 5.92 Å². The molecule has 2 aromatic rings. The van der Waals surface area contributed by atoms with E-state index in [9.17, 15) is 4.79 Å². The van der Waals surface area contributed by atoms with Gasteiger partial charge < -0.3 is 10.4 Å². The highest BCUT2D eigenvalue weighted by Crippen LogP contribution is 2.18. The molecule has 1 amide bonds. The van der Waals surface area contributed by atoms with Gasteiger partial charge in [0.1, 0.15) is 0 Å². The highest BCUT2D eigenvalue weighted by atomic mass is 16.3. The van der Waals surface area contributed by atoms with E-state index in [4.69, 9.17) is 5.11 Å². The molecule has 0 aromatic heterocycles. The van der Waals surface area contributed by atoms with Crippen molar-refractivity contribution in [3.05, 3.63) is 48.0 Å². The fourth-order valence-corrected chi connectivity index (χ4v) is 2.45. The first-order valence-electron chi connectivity index (χ1n) is 7.55. The molecule has 2 aromatic carbocycles. The number of fused-ring (bicyclic) bond motifs is 1. The number of carbonyl (C=O) groups is 1. The van der Waals surface area contributed by atoms with Gasteiger partial charge in [0.2, 0.25) is 5.91 Å². The minimum Gasteiger partial charge on any atom is -0.396 e. The Balaban J connectivity index is 1.87. The van der Waals surface area contributed by atoms with Crippen molar-refractivity contribution in [2.45, 2.75) is 26.2 Å². The van der Waals surface area contributed by atoms with Crippen LogP contribution in [-0.2, 0) is 11.2 Å². The van der Waals surface area contributed by atoms with Crippen LogP contribution in [-0.4, -0.2) is 24.2 Å². The number of aliphatic hydroxyl groups excluding tert-OH is 1. The normalized spacial score (nSPS) is 12.3. The predicted molar refractivity (Wildman–Crippen MR) is 86.1 cm³/mol. The molecule has 0 saturated heterocycles. The highest BCUT2D eigenvalue weighted by Gasteiger charge is 2.06. The molecule has 112 valence electrons. The van der Waals surface area contributed by atoms with E-state index in [2.05, 4.69) is 23.5 Å². The van der Waals surface area contributed by atoms with Crippen LogP contribution in [0.15, 0.2) is 42.5 Å². The quantitative estimate of drug-likeness (QED) is 0.769. The number of nitrogens with one attached hydrogen (secondary N) is 1. The van der Waals surface area contributed by atoms with Gasteiger partial charge in [0.15, 0.2) is 0 Å². The Bertz CT molecular complexity index is 589. The Hall–Kier alpha value is -1.87. The molecule has 0 aliphatic rings. The van der Waals surface area contributed by atoms with Gasteiger partial charge in [-0.2, -0.15) is 0 Å². The lowest BCUT2D eigenvalue weighted by Crippen LogP contribution is -2.26. The van der Waals surface area contributed by atoms with Gasteiger partial charge >= 0.3 is 0 Å². The van der Waals surface area contributed by atoms with Crippen molar-refractivity contribution < 1.29 is 9.90 Å². The van der Waals surface area contributed by atoms with E-state index in [-0.39, 0.29) is 12.5 Å². The largest absolute Gasteiger partial charge is 0.396 e. The SMILES string of the molecule is CC(CO)CCCNC(=O)Cc1cccc2ccccc12. The zero-order chi connectivity index (χ0) is 15.1. The number of hydrogen-bond donors (Lipinski definition) is 2. The lowest BCUT2D eigenvalue weighted by molar-refractivity contribution is -0.120. The average molecular weight is 285 g/mol. The number of carbonyl (C=O) groups excluding carboxylic acids is 1. The minimum atomic E-state index is 0.0583. The number of benzene rings is 2. The van der Waals surface area contributed by atoms with Gasteiger partial charge in [0, 0.05) is 13.2 Å². The molecule has 1 unspecified atom stereocenters. The van der Waals surface area contributed by atoms with Crippen LogP contribution < -0.4 is 5.32 Å². The summed E-state index contributed by atoms with van der Waals surface area (Å²) in [5.41, 5.74) is 1.06. The van der Waals surface area contributed by atoms with Crippen LogP contribution in [0.5, 0.6) is 0 Å². The van der Waals surface area contributed by atoms with Crippen molar-refractivity contribution in [1.82, 2.24) is 5.32 Å². The molecular weight excluding hydrogens is 262 g/mol. The van der Waals surface area contributed by atoms with E-state index in [0.29, 0.717) is 18.9 Å². The first kappa shape index (κ1) is 15.5. The van der Waals surface area contributed by atoms with Crippen LogP contribution in [0, 0.1) is 5.92 Å². The second kappa shape index (κ2) is 7.79. The van der Waals surface area contributed by atoms with Crippen molar-refractivity contribution in [2.75, 3.05) is 13.2 Å². The van der Waals surface area contributed by atoms with Gasteiger partial charge in [-0.15, -0.1) is 0 Å². The smallest absolute Gasteiger partial charge is 0.224 e. The highest BCUT2D eigenvalue weighted by molar-refractivity contribution is 5.90. The fourth-order valence-electron chi connectivity index (χ4n) is 2.45. The third-order valence-electron chi connectivity index (χ3n) is 3.74. The van der Waals surface area contributed by atoms with E-state index in [1.165, 1.54) is 5.39 Å². The van der Waals surface area contributed by atoms with Gasteiger partial charge in [-0.05, 0) is 35.1 Å². The Morgan fingerprint density at radius 3 is 2.76 bits per heavy atom. The Labute approximate surface area is 126 Å². The van der Waals surface area contributed by atoms with Crippen LogP contribution in [0.2, 0.25) is 0 Å². The Kier molecular flexibility index (Phi) is 5.76. The zero-order valence-corrected chi connectivity index (χ0v) is 12.5. The molecule has 0 aliphatic heterocycles. The number of rotatable bonds is 7. The van der Waals surface area contributed by atoms with Crippen molar-refractivity contribution in [3.8, 4) is 0 Å². The molecule has 3 heteroatoms. The lowest BCUT2D eigenvalue weighted by Gasteiger charge is -2.09. The predicted octanol–water partition coefficient (Wildman–Crippen LogP) is 2.91. The maximum Gasteiger partial charge on any atom is 0.224 e. The number of aliphatic hydroxyl groups is 1. The van der Waals surface area contributed by atoms with Crippen molar-refractivity contribution in [1.29, 1.82) is 0 Å². The standard InChI is InChI=1S/C18H23NO2/c1-14(13-20)6-5-11-19-18(21)12-16-9-4-8-15-7-2-3-10-17(15)16/h2-4,7-10,14,20H,5-6,11-13H2,1H3,(H,19,21). The van der Waals surface area contributed by atoms with Gasteiger partial charge in [-0.25, -0.2) is 0 Å². The summed E-state index contributed by atoms with van der Waals surface area (Å²) >= 11 is 0. The second-order valence-electron chi connectivity index (χ2n) is 5.59. The van der Waals surface area contributed by atoms with Crippen molar-refractivity contribution >= 4 is 16.7 Å². The third kappa shape index (κ3) is 4.57. The molecule has 2 rings (SSSR count). The van der Waals surface area contributed by atoms with E-state index in [1.54, 1.807) is 0 Å². The summed E-state index contributed by atoms with van der Waals surface area (Å²) in [5.74, 6) is 0.364. The van der Waals surface area contributed by atoms with Crippen LogP contribution in [0.25, 0.3) is 10.8 Å². The molecule has 2 N–H and O–H groups in total. The Morgan fingerprint density at radius 1 is 1.19 bits per heavy atom. The first-order chi connectivity index (χ1) is 10.2. The van der Waals surface area contributed by atoms with E-state index >= 15 is 0 Å². The molecule has 0 saturated carbocycles. The van der Waals surface area contributed by atoms with Crippen molar-refractivity contribution in [3.63, 3.8) is 0 Å². The fraction of sp³-hybridized carbons (Fsp3) is 0.389. The maximum absolute atomic E-state index is 12.0. The molecule has 0 radical (unpaired) electrons. The summed E-state index contributed by atoms with van der Waals surface area (Å²) in [4.78, 5) is 12.0. The van der Waals surface area contributed by atoms with Gasteiger partial charge in [-0.1, -0.05) is 49.4 Å². The molecule has 0 bridgehead atoms. The van der Waals surface area contributed by atoms with Crippen LogP contribution in [0.3, 0.4) is 0 Å². The number of amides is 1. The monoisotopic (exact) mass is 285 g/mol. The summed E-state index contributed by atoms with van der Waals surface area (Å²) in [7, 11) is 0. The molecule has 0 spiro atoms. The minimum absolute atomic E-state index is 0.0583. The summed E-state index contributed by atoms with van der Waals surface area (Å²) in [6.07, 6.45) is 2.25. The van der Waals surface area contributed by atoms with E-state index < -0.39 is 0 Å². The topological polar surface area (TPSA) is 49.3 Å². The molecule has 0 heterocycles. The number of hydrogen-bond acceptors (Lipinski definition) is 2. The summed E-state index contributed by atoms with van der Waals surface area (Å²) in [6.45, 7) is 2.90. The molecule has 21 heavy (non-hydrogen) atoms. The second-order valence-corrected chi connectivity index (χ2v) is 5.59. The molecule has 1 atom stereocenters. The summed E-state index contributed by atoms with van der Waals surface area (Å²) < 4.78 is 0. The van der Waals surface area contributed by atoms with E-state index in [0.717, 1.165) is 23.8 Å². The van der Waals surface area contributed by atoms with Crippen LogP contribution >= 0.6 is 0 Å². The summed E-state index contributed by atoms with van der Waals surface area (Å²) in [6, 6.07) is 14.2. The van der Waals surface area contributed by atoms with Crippen LogP contribution in [0.4, 0.5) is 0 Å². The van der Waals surface area contributed by atoms with Gasteiger partial charge in [0.25, 0.3) is 0 Å². The molecular formula is C18H23NO2. The van der Waals surface area contributed by atoms with Gasteiger partial charge in [-0.3, -0.25) is 4.79 Å². The third-order valence-corrected chi connectivity index (χ3v) is 3.74. The zero-order valence-electron chi connectivity index (χ0n) is 12.5. The molecule has 3 nitrogen and oxygen atoms in total. The molecule has 0 fully saturated rings. The maximum atomic E-state index is 12.0. The summed E-state index contributed by atoms with van der Waals surface area (Å²) in [5, 5.41) is 14.2. The Morgan fingerprint density at radius 2 is 1.95 bits per heavy atom.